The third kappa shape index (κ3) is 1.69. The van der Waals surface area contributed by atoms with Crippen molar-refractivity contribution in [1.29, 1.82) is 0 Å². The van der Waals surface area contributed by atoms with E-state index in [0.717, 1.165) is 18.4 Å². The number of ketones is 1. The maximum atomic E-state index is 11.8. The summed E-state index contributed by atoms with van der Waals surface area (Å²) in [5, 5.41) is 0. The van der Waals surface area contributed by atoms with Crippen molar-refractivity contribution in [2.75, 3.05) is 0 Å². The summed E-state index contributed by atoms with van der Waals surface area (Å²) in [4.78, 5) is 11.8. The molecule has 13 heavy (non-hydrogen) atoms. The summed E-state index contributed by atoms with van der Waals surface area (Å²) in [6, 6.07) is 9.52. The molecule has 1 unspecified atom stereocenters. The second-order valence-corrected chi connectivity index (χ2v) is 3.34. The van der Waals surface area contributed by atoms with Crippen molar-refractivity contribution < 1.29 is 4.79 Å². The predicted molar refractivity (Wildman–Crippen MR) is 52.6 cm³/mol. The lowest BCUT2D eigenvalue weighted by Crippen LogP contribution is -2.09. The molecule has 2 rings (SSSR count). The largest absolute Gasteiger partial charge is 0.294 e. The monoisotopic (exact) mass is 172 g/mol. The second kappa shape index (κ2) is 3.56. The van der Waals surface area contributed by atoms with Gasteiger partial charge in [-0.15, -0.1) is 0 Å². The van der Waals surface area contributed by atoms with Crippen LogP contribution in [0.4, 0.5) is 0 Å². The Labute approximate surface area is 78.1 Å². The van der Waals surface area contributed by atoms with Crippen molar-refractivity contribution in [3.05, 3.63) is 48.0 Å². The average molecular weight is 172 g/mol. The van der Waals surface area contributed by atoms with Gasteiger partial charge in [-0.1, -0.05) is 42.5 Å². The SMILES string of the molecule is O=C(c1ccccc1)C1C=CCC1. The molecule has 1 aliphatic carbocycles. The molecule has 0 heterocycles. The smallest absolute Gasteiger partial charge is 0.169 e. The van der Waals surface area contributed by atoms with Gasteiger partial charge in [0, 0.05) is 11.5 Å². The molecular weight excluding hydrogens is 160 g/mol. The topological polar surface area (TPSA) is 17.1 Å². The van der Waals surface area contributed by atoms with E-state index in [4.69, 9.17) is 0 Å². The highest BCUT2D eigenvalue weighted by Gasteiger charge is 2.18. The molecule has 0 spiro atoms. The molecule has 66 valence electrons. The third-order valence-electron chi connectivity index (χ3n) is 2.41. The summed E-state index contributed by atoms with van der Waals surface area (Å²) in [6.45, 7) is 0. The summed E-state index contributed by atoms with van der Waals surface area (Å²) < 4.78 is 0. The highest BCUT2D eigenvalue weighted by atomic mass is 16.1. The van der Waals surface area contributed by atoms with Crippen LogP contribution >= 0.6 is 0 Å². The minimum atomic E-state index is 0.127. The van der Waals surface area contributed by atoms with Crippen LogP contribution in [0.3, 0.4) is 0 Å². The highest BCUT2D eigenvalue weighted by molar-refractivity contribution is 5.99. The molecule has 0 amide bonds. The van der Waals surface area contributed by atoms with E-state index in [2.05, 4.69) is 6.08 Å². The summed E-state index contributed by atoms with van der Waals surface area (Å²) >= 11 is 0. The van der Waals surface area contributed by atoms with Gasteiger partial charge in [0.15, 0.2) is 5.78 Å². The second-order valence-electron chi connectivity index (χ2n) is 3.34. The van der Waals surface area contributed by atoms with Gasteiger partial charge in [0.2, 0.25) is 0 Å². The van der Waals surface area contributed by atoms with Crippen molar-refractivity contribution in [2.45, 2.75) is 12.8 Å². The highest BCUT2D eigenvalue weighted by Crippen LogP contribution is 2.21. The Morgan fingerprint density at radius 1 is 1.23 bits per heavy atom. The van der Waals surface area contributed by atoms with Gasteiger partial charge in [0.05, 0.1) is 0 Å². The van der Waals surface area contributed by atoms with E-state index < -0.39 is 0 Å². The Hall–Kier alpha value is -1.37. The number of Topliss-reactive ketones (excluding diaryl/α,β-unsaturated/α-hetero) is 1. The first-order valence-corrected chi connectivity index (χ1v) is 4.64. The number of carbonyl (C=O) groups excluding carboxylic acids is 1. The quantitative estimate of drug-likeness (QED) is 0.495. The lowest BCUT2D eigenvalue weighted by atomic mass is 9.97. The van der Waals surface area contributed by atoms with Gasteiger partial charge in [-0.3, -0.25) is 4.79 Å². The summed E-state index contributed by atoms with van der Waals surface area (Å²) in [6.07, 6.45) is 6.14. The molecule has 0 saturated carbocycles. The fraction of sp³-hybridized carbons (Fsp3) is 0.250. The predicted octanol–water partition coefficient (Wildman–Crippen LogP) is 2.84. The standard InChI is InChI=1S/C12H12O/c13-12(11-8-4-5-9-11)10-6-2-1-3-7-10/h1-4,6-8,11H,5,9H2. The van der Waals surface area contributed by atoms with Gasteiger partial charge >= 0.3 is 0 Å². The number of benzene rings is 1. The van der Waals surface area contributed by atoms with Crippen LogP contribution in [0, 0.1) is 5.92 Å². The lowest BCUT2D eigenvalue weighted by molar-refractivity contribution is 0.0944. The summed E-state index contributed by atoms with van der Waals surface area (Å²) in [5.74, 6) is 0.386. The number of allylic oxidation sites excluding steroid dienone is 2. The maximum Gasteiger partial charge on any atom is 0.169 e. The van der Waals surface area contributed by atoms with Crippen molar-refractivity contribution in [1.82, 2.24) is 0 Å². The van der Waals surface area contributed by atoms with E-state index in [-0.39, 0.29) is 11.7 Å². The molecule has 0 saturated heterocycles. The van der Waals surface area contributed by atoms with Crippen molar-refractivity contribution >= 4 is 5.78 Å². The van der Waals surface area contributed by atoms with E-state index in [1.165, 1.54) is 0 Å². The lowest BCUT2D eigenvalue weighted by Gasteiger charge is -2.05. The van der Waals surface area contributed by atoms with Gasteiger partial charge in [-0.2, -0.15) is 0 Å². The zero-order valence-electron chi connectivity index (χ0n) is 7.44. The Bertz CT molecular complexity index is 324. The molecule has 0 bridgehead atoms. The first-order chi connectivity index (χ1) is 6.38. The van der Waals surface area contributed by atoms with Gasteiger partial charge in [-0.25, -0.2) is 0 Å². The van der Waals surface area contributed by atoms with Crippen LogP contribution in [0.2, 0.25) is 0 Å². The zero-order valence-corrected chi connectivity index (χ0v) is 7.44. The third-order valence-corrected chi connectivity index (χ3v) is 2.41. The Balaban J connectivity index is 2.18. The molecule has 0 N–H and O–H groups in total. The number of rotatable bonds is 2. The number of carbonyl (C=O) groups is 1. The van der Waals surface area contributed by atoms with E-state index in [1.54, 1.807) is 0 Å². The van der Waals surface area contributed by atoms with Crippen molar-refractivity contribution in [3.63, 3.8) is 0 Å². The Morgan fingerprint density at radius 2 is 2.00 bits per heavy atom. The summed E-state index contributed by atoms with van der Waals surface area (Å²) in [7, 11) is 0. The van der Waals surface area contributed by atoms with Crippen molar-refractivity contribution in [2.24, 2.45) is 5.92 Å². The number of hydrogen-bond donors (Lipinski definition) is 0. The molecule has 0 aromatic heterocycles. The number of hydrogen-bond acceptors (Lipinski definition) is 1. The van der Waals surface area contributed by atoms with Crippen molar-refractivity contribution in [3.8, 4) is 0 Å². The van der Waals surface area contributed by atoms with E-state index in [9.17, 15) is 4.79 Å². The minimum Gasteiger partial charge on any atom is -0.294 e. The molecule has 0 fully saturated rings. The van der Waals surface area contributed by atoms with Gasteiger partial charge in [0.1, 0.15) is 0 Å². The van der Waals surface area contributed by atoms with Crippen LogP contribution in [0.5, 0.6) is 0 Å². The molecular formula is C12H12O. The molecule has 1 aliphatic rings. The van der Waals surface area contributed by atoms with Crippen LogP contribution in [0.15, 0.2) is 42.5 Å². The zero-order chi connectivity index (χ0) is 9.10. The van der Waals surface area contributed by atoms with Gasteiger partial charge < -0.3 is 0 Å². The fourth-order valence-corrected chi connectivity index (χ4v) is 1.67. The maximum absolute atomic E-state index is 11.8. The molecule has 1 heteroatoms. The normalized spacial score (nSPS) is 20.5. The summed E-state index contributed by atoms with van der Waals surface area (Å²) in [5.41, 5.74) is 0.832. The van der Waals surface area contributed by atoms with Crippen LogP contribution in [0.25, 0.3) is 0 Å². The molecule has 1 atom stereocenters. The van der Waals surface area contributed by atoms with Crippen LogP contribution < -0.4 is 0 Å². The van der Waals surface area contributed by atoms with E-state index in [1.807, 2.05) is 36.4 Å². The van der Waals surface area contributed by atoms with Gasteiger partial charge in [0.25, 0.3) is 0 Å². The fourth-order valence-electron chi connectivity index (χ4n) is 1.67. The molecule has 0 aliphatic heterocycles. The van der Waals surface area contributed by atoms with Crippen LogP contribution in [-0.2, 0) is 0 Å². The minimum absolute atomic E-state index is 0.127. The molecule has 1 nitrogen and oxygen atoms in total. The Morgan fingerprint density at radius 3 is 2.62 bits per heavy atom. The van der Waals surface area contributed by atoms with E-state index >= 15 is 0 Å². The van der Waals surface area contributed by atoms with Crippen LogP contribution in [0.1, 0.15) is 23.2 Å². The van der Waals surface area contributed by atoms with Gasteiger partial charge in [-0.05, 0) is 12.8 Å². The van der Waals surface area contributed by atoms with Crippen LogP contribution in [-0.4, -0.2) is 5.78 Å². The first kappa shape index (κ1) is 8.24. The van der Waals surface area contributed by atoms with E-state index in [0.29, 0.717) is 0 Å². The molecule has 1 aromatic carbocycles. The Kier molecular flexibility index (Phi) is 2.26. The molecule has 0 radical (unpaired) electrons. The average Bonchev–Trinajstić information content (AvgIpc) is 2.71. The molecule has 1 aromatic rings. The first-order valence-electron chi connectivity index (χ1n) is 4.64.